The van der Waals surface area contributed by atoms with Crippen molar-refractivity contribution in [3.63, 3.8) is 0 Å². The fourth-order valence-corrected chi connectivity index (χ4v) is 3.30. The number of thioether (sulfide) groups is 1. The average Bonchev–Trinajstić information content (AvgIpc) is 2.77. The maximum absolute atomic E-state index is 12.5. The SMILES string of the molecule is CSCCC(NC(=O)CNC(=O)C(CCC(N)=O)NC(=O)C(N)Cc1ccccc1)C(=O)O. The molecule has 33 heavy (non-hydrogen) atoms. The van der Waals surface area contributed by atoms with Crippen molar-refractivity contribution >= 4 is 41.4 Å². The van der Waals surface area contributed by atoms with E-state index in [4.69, 9.17) is 11.5 Å². The topological polar surface area (TPSA) is 194 Å². The molecule has 0 aliphatic carbocycles. The number of carboxylic acid groups (broad SMARTS) is 1. The molecule has 3 unspecified atom stereocenters. The number of carboxylic acids is 1. The molecule has 12 heteroatoms. The number of nitrogens with two attached hydrogens (primary N) is 2. The van der Waals surface area contributed by atoms with Crippen LogP contribution in [0.4, 0.5) is 0 Å². The van der Waals surface area contributed by atoms with E-state index in [-0.39, 0.29) is 25.7 Å². The number of amides is 4. The second-order valence-corrected chi connectivity index (χ2v) is 8.31. The van der Waals surface area contributed by atoms with Crippen LogP contribution in [0.3, 0.4) is 0 Å². The lowest BCUT2D eigenvalue weighted by atomic mass is 10.0. The molecular formula is C21H31N5O6S. The number of carbonyl (C=O) groups is 5. The van der Waals surface area contributed by atoms with E-state index in [9.17, 15) is 29.1 Å². The summed E-state index contributed by atoms with van der Waals surface area (Å²) in [6.45, 7) is -0.499. The predicted octanol–water partition coefficient (Wildman–Crippen LogP) is -1.25. The van der Waals surface area contributed by atoms with Gasteiger partial charge in [-0.2, -0.15) is 11.8 Å². The molecule has 0 heterocycles. The highest BCUT2D eigenvalue weighted by Gasteiger charge is 2.25. The van der Waals surface area contributed by atoms with E-state index in [1.807, 2.05) is 36.6 Å². The van der Waals surface area contributed by atoms with Crippen LogP contribution >= 0.6 is 11.8 Å². The molecule has 182 valence electrons. The zero-order valence-corrected chi connectivity index (χ0v) is 19.2. The fourth-order valence-electron chi connectivity index (χ4n) is 2.82. The Hall–Kier alpha value is -3.12. The van der Waals surface area contributed by atoms with Crippen molar-refractivity contribution in [1.29, 1.82) is 0 Å². The standard InChI is InChI=1S/C21H31N5O6S/c1-33-10-9-16(21(31)32)25-18(28)12-24-20(30)15(7-8-17(23)27)26-19(29)14(22)11-13-5-3-2-4-6-13/h2-6,14-16H,7-12,22H2,1H3,(H2,23,27)(H,24,30)(H,25,28)(H,26,29)(H,31,32). The number of primary amides is 1. The number of carbonyl (C=O) groups excluding carboxylic acids is 4. The van der Waals surface area contributed by atoms with Crippen molar-refractivity contribution in [3.05, 3.63) is 35.9 Å². The lowest BCUT2D eigenvalue weighted by molar-refractivity contribution is -0.141. The minimum absolute atomic E-state index is 0.0853. The summed E-state index contributed by atoms with van der Waals surface area (Å²) < 4.78 is 0. The highest BCUT2D eigenvalue weighted by atomic mass is 32.2. The van der Waals surface area contributed by atoms with Crippen LogP contribution in [0, 0.1) is 0 Å². The second-order valence-electron chi connectivity index (χ2n) is 7.32. The number of aliphatic carboxylic acids is 1. The van der Waals surface area contributed by atoms with E-state index in [2.05, 4.69) is 16.0 Å². The monoisotopic (exact) mass is 481 g/mol. The van der Waals surface area contributed by atoms with Gasteiger partial charge in [0.1, 0.15) is 12.1 Å². The molecule has 11 nitrogen and oxygen atoms in total. The summed E-state index contributed by atoms with van der Waals surface area (Å²) >= 11 is 1.44. The van der Waals surface area contributed by atoms with Crippen molar-refractivity contribution in [3.8, 4) is 0 Å². The van der Waals surface area contributed by atoms with Gasteiger partial charge in [0, 0.05) is 6.42 Å². The van der Waals surface area contributed by atoms with E-state index in [0.717, 1.165) is 5.56 Å². The molecule has 0 saturated carbocycles. The predicted molar refractivity (Wildman–Crippen MR) is 124 cm³/mol. The van der Waals surface area contributed by atoms with Gasteiger partial charge in [0.15, 0.2) is 0 Å². The van der Waals surface area contributed by atoms with Crippen molar-refractivity contribution in [1.82, 2.24) is 16.0 Å². The first-order valence-electron chi connectivity index (χ1n) is 10.3. The van der Waals surface area contributed by atoms with E-state index >= 15 is 0 Å². The van der Waals surface area contributed by atoms with Gasteiger partial charge < -0.3 is 32.5 Å². The Morgan fingerprint density at radius 2 is 1.67 bits per heavy atom. The normalized spacial score (nSPS) is 13.3. The molecule has 1 aromatic carbocycles. The Morgan fingerprint density at radius 1 is 1.00 bits per heavy atom. The van der Waals surface area contributed by atoms with Crippen LogP contribution in [0.2, 0.25) is 0 Å². The summed E-state index contributed by atoms with van der Waals surface area (Å²) in [7, 11) is 0. The summed E-state index contributed by atoms with van der Waals surface area (Å²) in [5.74, 6) is -3.32. The third-order valence-electron chi connectivity index (χ3n) is 4.61. The molecule has 0 fully saturated rings. The van der Waals surface area contributed by atoms with Gasteiger partial charge in [-0.1, -0.05) is 30.3 Å². The van der Waals surface area contributed by atoms with Crippen molar-refractivity contribution in [2.45, 2.75) is 43.8 Å². The Morgan fingerprint density at radius 3 is 2.24 bits per heavy atom. The average molecular weight is 482 g/mol. The lowest BCUT2D eigenvalue weighted by Crippen LogP contribution is -2.54. The zero-order chi connectivity index (χ0) is 24.8. The highest BCUT2D eigenvalue weighted by Crippen LogP contribution is 2.04. The first-order valence-corrected chi connectivity index (χ1v) is 11.7. The van der Waals surface area contributed by atoms with E-state index in [1.165, 1.54) is 11.8 Å². The summed E-state index contributed by atoms with van der Waals surface area (Å²) in [5, 5.41) is 16.3. The van der Waals surface area contributed by atoms with Crippen LogP contribution in [0.1, 0.15) is 24.8 Å². The highest BCUT2D eigenvalue weighted by molar-refractivity contribution is 7.98. The number of rotatable bonds is 15. The molecule has 3 atom stereocenters. The second kappa shape index (κ2) is 14.9. The van der Waals surface area contributed by atoms with Crippen molar-refractivity contribution < 1.29 is 29.1 Å². The smallest absolute Gasteiger partial charge is 0.326 e. The van der Waals surface area contributed by atoms with E-state index < -0.39 is 54.3 Å². The Bertz CT molecular complexity index is 823. The minimum Gasteiger partial charge on any atom is -0.480 e. The molecule has 8 N–H and O–H groups in total. The zero-order valence-electron chi connectivity index (χ0n) is 18.4. The van der Waals surface area contributed by atoms with Crippen LogP contribution in [0.5, 0.6) is 0 Å². The van der Waals surface area contributed by atoms with Crippen LogP contribution < -0.4 is 27.4 Å². The first kappa shape index (κ1) is 27.9. The maximum atomic E-state index is 12.5. The number of hydrogen-bond donors (Lipinski definition) is 6. The van der Waals surface area contributed by atoms with Gasteiger partial charge in [0.2, 0.25) is 23.6 Å². The number of nitrogens with one attached hydrogen (secondary N) is 3. The summed E-state index contributed by atoms with van der Waals surface area (Å²) in [5.41, 5.74) is 11.9. The summed E-state index contributed by atoms with van der Waals surface area (Å²) in [6, 6.07) is 5.91. The van der Waals surface area contributed by atoms with Crippen LogP contribution in [-0.4, -0.2) is 71.4 Å². The van der Waals surface area contributed by atoms with Crippen molar-refractivity contribution in [2.75, 3.05) is 18.6 Å². The van der Waals surface area contributed by atoms with Gasteiger partial charge in [0.25, 0.3) is 0 Å². The molecule has 0 radical (unpaired) electrons. The molecule has 4 amide bonds. The lowest BCUT2D eigenvalue weighted by Gasteiger charge is -2.21. The first-order chi connectivity index (χ1) is 15.6. The van der Waals surface area contributed by atoms with Gasteiger partial charge in [0.05, 0.1) is 12.6 Å². The Balaban J connectivity index is 2.68. The van der Waals surface area contributed by atoms with Gasteiger partial charge in [-0.3, -0.25) is 19.2 Å². The van der Waals surface area contributed by atoms with Gasteiger partial charge in [-0.05, 0) is 36.8 Å². The quantitative estimate of drug-likeness (QED) is 0.179. The molecule has 0 saturated heterocycles. The van der Waals surface area contributed by atoms with Gasteiger partial charge in [-0.15, -0.1) is 0 Å². The molecule has 0 bridgehead atoms. The van der Waals surface area contributed by atoms with Crippen LogP contribution in [-0.2, 0) is 30.4 Å². The molecule has 0 aliphatic heterocycles. The molecule has 0 spiro atoms. The molecular weight excluding hydrogens is 450 g/mol. The largest absolute Gasteiger partial charge is 0.480 e. The molecule has 0 aromatic heterocycles. The van der Waals surface area contributed by atoms with Crippen LogP contribution in [0.25, 0.3) is 0 Å². The van der Waals surface area contributed by atoms with Crippen molar-refractivity contribution in [2.24, 2.45) is 11.5 Å². The third kappa shape index (κ3) is 11.3. The van der Waals surface area contributed by atoms with E-state index in [0.29, 0.717) is 5.75 Å². The summed E-state index contributed by atoms with van der Waals surface area (Å²) in [4.78, 5) is 59.5. The maximum Gasteiger partial charge on any atom is 0.326 e. The fraction of sp³-hybridized carbons (Fsp3) is 0.476. The number of benzene rings is 1. The molecule has 0 aliphatic rings. The van der Waals surface area contributed by atoms with Crippen LogP contribution in [0.15, 0.2) is 30.3 Å². The Labute approximate surface area is 196 Å². The number of hydrogen-bond acceptors (Lipinski definition) is 7. The molecule has 1 rings (SSSR count). The van der Waals surface area contributed by atoms with E-state index in [1.54, 1.807) is 0 Å². The van der Waals surface area contributed by atoms with Gasteiger partial charge >= 0.3 is 5.97 Å². The Kier molecular flexibility index (Phi) is 12.6. The summed E-state index contributed by atoms with van der Waals surface area (Å²) in [6.07, 6.45) is 2.03. The minimum atomic E-state index is -1.18. The third-order valence-corrected chi connectivity index (χ3v) is 5.26. The molecule has 1 aromatic rings. The van der Waals surface area contributed by atoms with Gasteiger partial charge in [-0.25, -0.2) is 4.79 Å².